The van der Waals surface area contributed by atoms with E-state index in [0.717, 1.165) is 57.2 Å². The highest BCUT2D eigenvalue weighted by atomic mass is 127. The molecular weight excluding hydrogens is 455 g/mol. The van der Waals surface area contributed by atoms with Crippen molar-refractivity contribution in [2.24, 2.45) is 4.99 Å². The molecule has 27 heavy (non-hydrogen) atoms. The zero-order chi connectivity index (χ0) is 18.6. The fraction of sp³-hybridized carbons (Fsp3) is 0.526. The molecule has 2 rings (SSSR count). The molecule has 1 heterocycles. The van der Waals surface area contributed by atoms with E-state index >= 15 is 0 Å². The number of aromatic nitrogens is 3. The van der Waals surface area contributed by atoms with Gasteiger partial charge in [-0.15, -0.1) is 34.2 Å². The predicted molar refractivity (Wildman–Crippen MR) is 120 cm³/mol. The summed E-state index contributed by atoms with van der Waals surface area (Å²) in [5.74, 6) is 1.80. The minimum absolute atomic E-state index is 0. The fourth-order valence-corrected chi connectivity index (χ4v) is 2.69. The van der Waals surface area contributed by atoms with Crippen molar-refractivity contribution in [3.05, 3.63) is 42.0 Å². The third-order valence-electron chi connectivity index (χ3n) is 4.03. The van der Waals surface area contributed by atoms with Gasteiger partial charge >= 0.3 is 0 Å². The van der Waals surface area contributed by atoms with E-state index in [1.165, 1.54) is 11.1 Å². The lowest BCUT2D eigenvalue weighted by Crippen LogP contribution is -2.38. The van der Waals surface area contributed by atoms with Crippen LogP contribution in [0, 0.1) is 6.92 Å². The van der Waals surface area contributed by atoms with Crippen LogP contribution in [-0.2, 0) is 13.0 Å². The van der Waals surface area contributed by atoms with Crippen LogP contribution in [0.2, 0.25) is 0 Å². The number of nitrogens with one attached hydrogen (secondary N) is 2. The molecule has 0 saturated heterocycles. The smallest absolute Gasteiger partial charge is 0.191 e. The Bertz CT molecular complexity index is 675. The van der Waals surface area contributed by atoms with Gasteiger partial charge in [0.15, 0.2) is 5.96 Å². The number of unbranched alkanes of at least 4 members (excludes halogenated alkanes) is 1. The number of nitrogens with zero attached hydrogens (tertiary/aromatic N) is 4. The molecule has 0 radical (unpaired) electrons. The number of aliphatic imine (C=N–C) groups is 1. The van der Waals surface area contributed by atoms with Crippen LogP contribution in [0.1, 0.15) is 30.9 Å². The Morgan fingerprint density at radius 2 is 1.96 bits per heavy atom. The Morgan fingerprint density at radius 1 is 1.19 bits per heavy atom. The number of aryl methyl sites for hydroxylation is 2. The van der Waals surface area contributed by atoms with E-state index in [9.17, 15) is 0 Å². The lowest BCUT2D eigenvalue weighted by atomic mass is 10.1. The second kappa shape index (κ2) is 13.3. The van der Waals surface area contributed by atoms with Gasteiger partial charge in [0.05, 0.1) is 7.11 Å². The van der Waals surface area contributed by atoms with Crippen molar-refractivity contribution in [2.45, 2.75) is 39.7 Å². The normalized spacial score (nSPS) is 11.0. The van der Waals surface area contributed by atoms with Crippen LogP contribution in [0.25, 0.3) is 0 Å². The first kappa shape index (κ1) is 23.2. The van der Waals surface area contributed by atoms with Gasteiger partial charge in [-0.3, -0.25) is 4.99 Å². The number of methoxy groups -OCH3 is 1. The van der Waals surface area contributed by atoms with E-state index in [2.05, 4.69) is 51.8 Å². The number of hydrogen-bond donors (Lipinski definition) is 2. The summed E-state index contributed by atoms with van der Waals surface area (Å²) in [7, 11) is 1.72. The zero-order valence-corrected chi connectivity index (χ0v) is 18.8. The standard InChI is InChI=1S/C19H30N6O.HI/c1-4-20-19(21-10-5-6-12-25-14-23-24-15-25)22-11-9-17-13-16(2)7-8-18(17)26-3;/h7-8,13-15H,4-6,9-12H2,1-3H3,(H2,20,21,22);1H. The summed E-state index contributed by atoms with van der Waals surface area (Å²) in [6, 6.07) is 6.27. The van der Waals surface area contributed by atoms with Gasteiger partial charge in [0, 0.05) is 26.2 Å². The molecule has 0 aliphatic heterocycles. The molecule has 0 amide bonds. The molecule has 8 heteroatoms. The quantitative estimate of drug-likeness (QED) is 0.234. The van der Waals surface area contributed by atoms with Crippen molar-refractivity contribution in [2.75, 3.05) is 26.7 Å². The topological polar surface area (TPSA) is 76.4 Å². The summed E-state index contributed by atoms with van der Waals surface area (Å²) >= 11 is 0. The van der Waals surface area contributed by atoms with Crippen LogP contribution in [0.3, 0.4) is 0 Å². The van der Waals surface area contributed by atoms with Crippen molar-refractivity contribution in [1.82, 2.24) is 25.4 Å². The molecule has 0 spiro atoms. The summed E-state index contributed by atoms with van der Waals surface area (Å²) in [6.07, 6.45) is 6.47. The highest BCUT2D eigenvalue weighted by Gasteiger charge is 2.04. The molecule has 2 aromatic rings. The summed E-state index contributed by atoms with van der Waals surface area (Å²) in [6.45, 7) is 7.56. The van der Waals surface area contributed by atoms with Crippen LogP contribution in [-0.4, -0.2) is 47.5 Å². The molecule has 0 unspecified atom stereocenters. The first-order valence-corrected chi connectivity index (χ1v) is 9.21. The van der Waals surface area contributed by atoms with Gasteiger partial charge in [-0.2, -0.15) is 0 Å². The van der Waals surface area contributed by atoms with E-state index in [4.69, 9.17) is 4.74 Å². The Balaban J connectivity index is 0.00000364. The molecule has 2 N–H and O–H groups in total. The van der Waals surface area contributed by atoms with E-state index in [1.807, 2.05) is 10.6 Å². The second-order valence-corrected chi connectivity index (χ2v) is 6.16. The Hall–Kier alpha value is -1.84. The van der Waals surface area contributed by atoms with Gasteiger partial charge < -0.3 is 19.9 Å². The maximum absolute atomic E-state index is 5.44. The number of ether oxygens (including phenoxy) is 1. The maximum Gasteiger partial charge on any atom is 0.191 e. The molecule has 0 aliphatic rings. The maximum atomic E-state index is 5.44. The monoisotopic (exact) mass is 486 g/mol. The van der Waals surface area contributed by atoms with Crippen molar-refractivity contribution in [1.29, 1.82) is 0 Å². The van der Waals surface area contributed by atoms with Crippen LogP contribution < -0.4 is 15.4 Å². The number of benzene rings is 1. The highest BCUT2D eigenvalue weighted by molar-refractivity contribution is 14.0. The number of halogens is 1. The van der Waals surface area contributed by atoms with Crippen LogP contribution in [0.4, 0.5) is 0 Å². The number of guanidine groups is 1. The van der Waals surface area contributed by atoms with Gasteiger partial charge in [-0.25, -0.2) is 0 Å². The summed E-state index contributed by atoms with van der Waals surface area (Å²) in [5, 5.41) is 14.3. The lowest BCUT2D eigenvalue weighted by molar-refractivity contribution is 0.409. The van der Waals surface area contributed by atoms with E-state index < -0.39 is 0 Å². The Kier molecular flexibility index (Phi) is 11.5. The minimum atomic E-state index is 0. The van der Waals surface area contributed by atoms with Crippen molar-refractivity contribution >= 4 is 29.9 Å². The minimum Gasteiger partial charge on any atom is -0.496 e. The highest BCUT2D eigenvalue weighted by Crippen LogP contribution is 2.19. The molecule has 150 valence electrons. The van der Waals surface area contributed by atoms with E-state index in [1.54, 1.807) is 19.8 Å². The first-order chi connectivity index (χ1) is 12.7. The van der Waals surface area contributed by atoms with Crippen molar-refractivity contribution in [3.63, 3.8) is 0 Å². The SMILES string of the molecule is CCNC(=NCCCCn1cnnc1)NCCc1cc(C)ccc1OC.I. The van der Waals surface area contributed by atoms with E-state index in [0.29, 0.717) is 0 Å². The van der Waals surface area contributed by atoms with Crippen LogP contribution in [0.5, 0.6) is 5.75 Å². The van der Waals surface area contributed by atoms with Gasteiger partial charge in [0.2, 0.25) is 0 Å². The molecule has 0 saturated carbocycles. The molecule has 1 aromatic heterocycles. The Labute approximate surface area is 179 Å². The Morgan fingerprint density at radius 3 is 2.67 bits per heavy atom. The predicted octanol–water partition coefficient (Wildman–Crippen LogP) is 2.79. The summed E-state index contributed by atoms with van der Waals surface area (Å²) < 4.78 is 7.43. The molecule has 0 bridgehead atoms. The van der Waals surface area contributed by atoms with Gasteiger partial charge in [0.1, 0.15) is 18.4 Å². The largest absolute Gasteiger partial charge is 0.496 e. The van der Waals surface area contributed by atoms with Gasteiger partial charge in [-0.05, 0) is 44.7 Å². The van der Waals surface area contributed by atoms with Crippen molar-refractivity contribution in [3.8, 4) is 5.75 Å². The van der Waals surface area contributed by atoms with Crippen molar-refractivity contribution < 1.29 is 4.74 Å². The van der Waals surface area contributed by atoms with Crippen LogP contribution in [0.15, 0.2) is 35.8 Å². The lowest BCUT2D eigenvalue weighted by Gasteiger charge is -2.13. The second-order valence-electron chi connectivity index (χ2n) is 6.16. The molecule has 0 fully saturated rings. The average molecular weight is 486 g/mol. The third-order valence-corrected chi connectivity index (χ3v) is 4.03. The van der Waals surface area contributed by atoms with E-state index in [-0.39, 0.29) is 24.0 Å². The van der Waals surface area contributed by atoms with Crippen LogP contribution >= 0.6 is 24.0 Å². The van der Waals surface area contributed by atoms with Gasteiger partial charge in [0.25, 0.3) is 0 Å². The fourth-order valence-electron chi connectivity index (χ4n) is 2.69. The molecular formula is C19H31IN6O. The average Bonchev–Trinajstić information content (AvgIpc) is 3.15. The summed E-state index contributed by atoms with van der Waals surface area (Å²) in [4.78, 5) is 4.65. The number of hydrogen-bond acceptors (Lipinski definition) is 4. The summed E-state index contributed by atoms with van der Waals surface area (Å²) in [5.41, 5.74) is 2.46. The first-order valence-electron chi connectivity index (χ1n) is 9.21. The zero-order valence-electron chi connectivity index (χ0n) is 16.4. The molecule has 0 atom stereocenters. The molecule has 1 aromatic carbocycles. The number of rotatable bonds is 10. The molecule has 7 nitrogen and oxygen atoms in total. The van der Waals surface area contributed by atoms with Gasteiger partial charge in [-0.1, -0.05) is 17.7 Å². The third kappa shape index (κ3) is 8.59. The molecule has 0 aliphatic carbocycles.